The first-order chi connectivity index (χ1) is 5.74. The maximum atomic E-state index is 2.17. The summed E-state index contributed by atoms with van der Waals surface area (Å²) in [5.74, 6) is 0. The standard InChI is InChI=1S/C11H15N/c1-4-8-12(3)11-7-5-6-10(2)9-11/h4-9H,1-3H3/b8-4+. The minimum Gasteiger partial charge on any atom is -0.351 e. The lowest BCUT2D eigenvalue weighted by Crippen LogP contribution is -2.07. The highest BCUT2D eigenvalue weighted by molar-refractivity contribution is 5.49. The van der Waals surface area contributed by atoms with Gasteiger partial charge in [0.2, 0.25) is 0 Å². The summed E-state index contributed by atoms with van der Waals surface area (Å²) in [4.78, 5) is 2.10. The van der Waals surface area contributed by atoms with Crippen molar-refractivity contribution in [2.45, 2.75) is 13.8 Å². The average molecular weight is 161 g/mol. The molecule has 0 unspecified atom stereocenters. The molecule has 0 spiro atoms. The van der Waals surface area contributed by atoms with Crippen LogP contribution in [0.2, 0.25) is 0 Å². The van der Waals surface area contributed by atoms with E-state index >= 15 is 0 Å². The molecule has 12 heavy (non-hydrogen) atoms. The molecule has 1 aromatic rings. The molecule has 0 bridgehead atoms. The van der Waals surface area contributed by atoms with Crippen LogP contribution in [0.3, 0.4) is 0 Å². The molecule has 0 saturated carbocycles. The number of rotatable bonds is 2. The molecule has 0 saturated heterocycles. The van der Waals surface area contributed by atoms with E-state index in [1.165, 1.54) is 11.3 Å². The van der Waals surface area contributed by atoms with Crippen molar-refractivity contribution >= 4 is 5.69 Å². The fourth-order valence-electron chi connectivity index (χ4n) is 1.16. The molecule has 0 radical (unpaired) electrons. The quantitative estimate of drug-likeness (QED) is 0.644. The molecule has 0 fully saturated rings. The zero-order valence-corrected chi connectivity index (χ0v) is 7.91. The van der Waals surface area contributed by atoms with Gasteiger partial charge in [0, 0.05) is 12.7 Å². The van der Waals surface area contributed by atoms with Crippen molar-refractivity contribution in [2.24, 2.45) is 0 Å². The van der Waals surface area contributed by atoms with Crippen molar-refractivity contribution in [2.75, 3.05) is 11.9 Å². The Morgan fingerprint density at radius 3 is 2.67 bits per heavy atom. The van der Waals surface area contributed by atoms with Gasteiger partial charge in [-0.3, -0.25) is 0 Å². The van der Waals surface area contributed by atoms with Crippen LogP contribution in [0.15, 0.2) is 36.5 Å². The summed E-state index contributed by atoms with van der Waals surface area (Å²) in [6, 6.07) is 8.45. The Morgan fingerprint density at radius 1 is 1.33 bits per heavy atom. The average Bonchev–Trinajstić information content (AvgIpc) is 2.05. The van der Waals surface area contributed by atoms with Gasteiger partial charge in [0.1, 0.15) is 0 Å². The second kappa shape index (κ2) is 3.96. The summed E-state index contributed by atoms with van der Waals surface area (Å²) in [6.07, 6.45) is 4.08. The molecular weight excluding hydrogens is 146 g/mol. The Bertz CT molecular complexity index is 276. The molecule has 1 aromatic carbocycles. The van der Waals surface area contributed by atoms with Gasteiger partial charge in [0.25, 0.3) is 0 Å². The Kier molecular flexibility index (Phi) is 2.92. The van der Waals surface area contributed by atoms with E-state index in [1.807, 2.05) is 13.0 Å². The molecule has 0 aliphatic rings. The number of anilines is 1. The second-order valence-electron chi connectivity index (χ2n) is 2.93. The number of hydrogen-bond donors (Lipinski definition) is 0. The Balaban J connectivity index is 2.87. The van der Waals surface area contributed by atoms with Crippen molar-refractivity contribution in [3.8, 4) is 0 Å². The molecular formula is C11H15N. The third-order valence-electron chi connectivity index (χ3n) is 1.78. The van der Waals surface area contributed by atoms with E-state index in [-0.39, 0.29) is 0 Å². The van der Waals surface area contributed by atoms with E-state index in [4.69, 9.17) is 0 Å². The molecule has 0 atom stereocenters. The van der Waals surface area contributed by atoms with Crippen LogP contribution in [-0.4, -0.2) is 7.05 Å². The molecule has 1 rings (SSSR count). The highest BCUT2D eigenvalue weighted by Gasteiger charge is 1.94. The zero-order chi connectivity index (χ0) is 8.97. The monoisotopic (exact) mass is 161 g/mol. The third-order valence-corrected chi connectivity index (χ3v) is 1.78. The van der Waals surface area contributed by atoms with Gasteiger partial charge >= 0.3 is 0 Å². The highest BCUT2D eigenvalue weighted by atomic mass is 15.1. The smallest absolute Gasteiger partial charge is 0.0406 e. The van der Waals surface area contributed by atoms with Gasteiger partial charge in [-0.1, -0.05) is 18.2 Å². The van der Waals surface area contributed by atoms with Crippen LogP contribution in [0.25, 0.3) is 0 Å². The molecule has 1 heteroatoms. The number of nitrogens with zero attached hydrogens (tertiary/aromatic N) is 1. The molecule has 0 heterocycles. The first-order valence-electron chi connectivity index (χ1n) is 4.16. The van der Waals surface area contributed by atoms with Crippen molar-refractivity contribution in [3.05, 3.63) is 42.1 Å². The van der Waals surface area contributed by atoms with Gasteiger partial charge in [-0.05, 0) is 37.7 Å². The molecule has 0 aliphatic carbocycles. The van der Waals surface area contributed by atoms with Gasteiger partial charge in [0.15, 0.2) is 0 Å². The van der Waals surface area contributed by atoms with Crippen molar-refractivity contribution in [1.82, 2.24) is 0 Å². The van der Waals surface area contributed by atoms with Gasteiger partial charge in [-0.25, -0.2) is 0 Å². The minimum absolute atomic E-state index is 1.23. The van der Waals surface area contributed by atoms with Gasteiger partial charge in [-0.15, -0.1) is 0 Å². The van der Waals surface area contributed by atoms with E-state index < -0.39 is 0 Å². The third kappa shape index (κ3) is 2.12. The summed E-state index contributed by atoms with van der Waals surface area (Å²) in [6.45, 7) is 4.12. The van der Waals surface area contributed by atoms with Crippen molar-refractivity contribution < 1.29 is 0 Å². The topological polar surface area (TPSA) is 3.24 Å². The van der Waals surface area contributed by atoms with Crippen LogP contribution in [-0.2, 0) is 0 Å². The van der Waals surface area contributed by atoms with Crippen molar-refractivity contribution in [1.29, 1.82) is 0 Å². The summed E-state index contributed by atoms with van der Waals surface area (Å²) >= 11 is 0. The van der Waals surface area contributed by atoms with E-state index in [2.05, 4.69) is 49.3 Å². The fraction of sp³-hybridized carbons (Fsp3) is 0.273. The lowest BCUT2D eigenvalue weighted by Gasteiger charge is -2.13. The maximum absolute atomic E-state index is 2.17. The number of hydrogen-bond acceptors (Lipinski definition) is 1. The molecule has 0 amide bonds. The van der Waals surface area contributed by atoms with E-state index in [0.29, 0.717) is 0 Å². The van der Waals surface area contributed by atoms with Crippen LogP contribution in [0.5, 0.6) is 0 Å². The van der Waals surface area contributed by atoms with Crippen LogP contribution in [0.1, 0.15) is 12.5 Å². The van der Waals surface area contributed by atoms with E-state index in [0.717, 1.165) is 0 Å². The largest absolute Gasteiger partial charge is 0.351 e. The first kappa shape index (κ1) is 8.85. The molecule has 1 nitrogen and oxygen atoms in total. The zero-order valence-electron chi connectivity index (χ0n) is 7.91. The molecule has 0 aromatic heterocycles. The van der Waals surface area contributed by atoms with Crippen LogP contribution >= 0.6 is 0 Å². The minimum atomic E-state index is 1.23. The van der Waals surface area contributed by atoms with Gasteiger partial charge < -0.3 is 4.90 Å². The van der Waals surface area contributed by atoms with Crippen LogP contribution < -0.4 is 4.90 Å². The van der Waals surface area contributed by atoms with Crippen LogP contribution in [0, 0.1) is 6.92 Å². The molecule has 0 N–H and O–H groups in total. The number of benzene rings is 1. The van der Waals surface area contributed by atoms with Gasteiger partial charge in [0.05, 0.1) is 0 Å². The maximum Gasteiger partial charge on any atom is 0.0406 e. The number of allylic oxidation sites excluding steroid dienone is 1. The number of aryl methyl sites for hydroxylation is 1. The van der Waals surface area contributed by atoms with Crippen molar-refractivity contribution in [3.63, 3.8) is 0 Å². The summed E-state index contributed by atoms with van der Waals surface area (Å²) in [7, 11) is 2.05. The normalized spacial score (nSPS) is 10.6. The highest BCUT2D eigenvalue weighted by Crippen LogP contribution is 2.13. The Morgan fingerprint density at radius 2 is 2.08 bits per heavy atom. The fourth-order valence-corrected chi connectivity index (χ4v) is 1.16. The Hall–Kier alpha value is -1.24. The summed E-state index contributed by atoms with van der Waals surface area (Å²) < 4.78 is 0. The predicted molar refractivity (Wildman–Crippen MR) is 54.4 cm³/mol. The lowest BCUT2D eigenvalue weighted by molar-refractivity contribution is 1.19. The summed E-state index contributed by atoms with van der Waals surface area (Å²) in [5, 5.41) is 0. The second-order valence-corrected chi connectivity index (χ2v) is 2.93. The molecule has 0 aliphatic heterocycles. The predicted octanol–water partition coefficient (Wildman–Crippen LogP) is 2.96. The Labute approximate surface area is 74.3 Å². The van der Waals surface area contributed by atoms with E-state index in [1.54, 1.807) is 0 Å². The van der Waals surface area contributed by atoms with Gasteiger partial charge in [-0.2, -0.15) is 0 Å². The SMILES string of the molecule is C/C=C/N(C)c1cccc(C)c1. The molecule has 64 valence electrons. The summed E-state index contributed by atoms with van der Waals surface area (Å²) in [5.41, 5.74) is 2.52. The van der Waals surface area contributed by atoms with E-state index in [9.17, 15) is 0 Å². The lowest BCUT2D eigenvalue weighted by atomic mass is 10.2. The van der Waals surface area contributed by atoms with Crippen LogP contribution in [0.4, 0.5) is 5.69 Å². The first-order valence-corrected chi connectivity index (χ1v) is 4.16.